The van der Waals surface area contributed by atoms with Gasteiger partial charge in [-0.2, -0.15) is 0 Å². The smallest absolute Gasteiger partial charge is 0.272 e. The van der Waals surface area contributed by atoms with Crippen LogP contribution in [0.1, 0.15) is 24.5 Å². The lowest BCUT2D eigenvalue weighted by molar-refractivity contribution is 0.313. The average molecular weight is 528 g/mol. The van der Waals surface area contributed by atoms with Gasteiger partial charge in [-0.25, -0.2) is 9.50 Å². The largest absolute Gasteiger partial charge is 0.495 e. The lowest BCUT2D eigenvalue weighted by Gasteiger charge is -2.33. The van der Waals surface area contributed by atoms with Crippen molar-refractivity contribution in [2.45, 2.75) is 18.8 Å². The minimum absolute atomic E-state index is 0.124. The van der Waals surface area contributed by atoms with E-state index in [-0.39, 0.29) is 11.5 Å². The summed E-state index contributed by atoms with van der Waals surface area (Å²) in [7, 11) is 1.58. The second-order valence-corrected chi connectivity index (χ2v) is 9.66. The molecule has 0 atom stereocenters. The molecule has 2 aromatic heterocycles. The third-order valence-corrected chi connectivity index (χ3v) is 7.14. The van der Waals surface area contributed by atoms with Crippen LogP contribution in [0.4, 0.5) is 5.69 Å². The molecule has 5 rings (SSSR count). The fourth-order valence-electron chi connectivity index (χ4n) is 4.32. The van der Waals surface area contributed by atoms with Crippen molar-refractivity contribution in [3.8, 4) is 17.0 Å². The summed E-state index contributed by atoms with van der Waals surface area (Å²) >= 11 is 17.8. The summed E-state index contributed by atoms with van der Waals surface area (Å²) in [6, 6.07) is 16.5. The van der Waals surface area contributed by atoms with Gasteiger partial charge in [0.25, 0.3) is 5.56 Å². The van der Waals surface area contributed by atoms with Gasteiger partial charge in [-0.15, -0.1) is 0 Å². The van der Waals surface area contributed by atoms with E-state index in [1.165, 1.54) is 4.52 Å². The second kappa shape index (κ2) is 9.89. The van der Waals surface area contributed by atoms with Crippen molar-refractivity contribution in [2.75, 3.05) is 25.5 Å². The van der Waals surface area contributed by atoms with Gasteiger partial charge in [-0.05, 0) is 61.0 Å². The number of nitrogens with one attached hydrogen (secondary N) is 2. The summed E-state index contributed by atoms with van der Waals surface area (Å²) in [5, 5.41) is 8.22. The van der Waals surface area contributed by atoms with Crippen molar-refractivity contribution in [1.82, 2.24) is 19.5 Å². The van der Waals surface area contributed by atoms with E-state index in [0.29, 0.717) is 26.6 Å². The number of piperidine rings is 1. The van der Waals surface area contributed by atoms with Gasteiger partial charge >= 0.3 is 0 Å². The lowest BCUT2D eigenvalue weighted by Crippen LogP contribution is -2.40. The number of H-pyrrole nitrogens is 1. The molecule has 0 amide bonds. The van der Waals surface area contributed by atoms with Crippen LogP contribution >= 0.6 is 35.4 Å². The molecule has 2 aromatic carbocycles. The molecule has 35 heavy (non-hydrogen) atoms. The van der Waals surface area contributed by atoms with Gasteiger partial charge in [0.2, 0.25) is 0 Å². The van der Waals surface area contributed by atoms with Crippen LogP contribution in [0.15, 0.2) is 59.4 Å². The first-order valence-corrected chi connectivity index (χ1v) is 12.4. The Labute approximate surface area is 217 Å². The van der Waals surface area contributed by atoms with E-state index in [0.717, 1.165) is 48.6 Å². The summed E-state index contributed by atoms with van der Waals surface area (Å²) in [6.45, 7) is 1.54. The maximum atomic E-state index is 12.8. The van der Waals surface area contributed by atoms with E-state index in [9.17, 15) is 4.79 Å². The number of aromatic amines is 1. The van der Waals surface area contributed by atoms with Crippen LogP contribution in [0, 0.1) is 0 Å². The number of thiocarbonyl (C=S) groups is 1. The monoisotopic (exact) mass is 527 g/mol. The first-order valence-electron chi connectivity index (χ1n) is 11.2. The van der Waals surface area contributed by atoms with Gasteiger partial charge in [0, 0.05) is 41.9 Å². The predicted octanol–water partition coefficient (Wildman–Crippen LogP) is 5.58. The Balaban J connectivity index is 1.27. The van der Waals surface area contributed by atoms with Crippen LogP contribution in [-0.2, 0) is 0 Å². The molecule has 1 aliphatic heterocycles. The first-order chi connectivity index (χ1) is 16.9. The molecule has 180 valence electrons. The summed E-state index contributed by atoms with van der Waals surface area (Å²) in [6.07, 6.45) is 1.70. The summed E-state index contributed by atoms with van der Waals surface area (Å²) in [5.74, 6) is 0.808. The molecular weight excluding hydrogens is 505 g/mol. The van der Waals surface area contributed by atoms with Gasteiger partial charge in [0.15, 0.2) is 10.8 Å². The van der Waals surface area contributed by atoms with Crippen molar-refractivity contribution in [3.63, 3.8) is 0 Å². The fraction of sp³-hybridized carbons (Fsp3) is 0.240. The Morgan fingerprint density at radius 3 is 2.54 bits per heavy atom. The first kappa shape index (κ1) is 23.7. The van der Waals surface area contributed by atoms with Gasteiger partial charge in [-0.3, -0.25) is 9.89 Å². The van der Waals surface area contributed by atoms with E-state index in [2.05, 4.69) is 15.3 Å². The zero-order valence-electron chi connectivity index (χ0n) is 18.9. The Morgan fingerprint density at radius 2 is 1.86 bits per heavy atom. The number of rotatable bonds is 4. The Hall–Kier alpha value is -3.07. The lowest BCUT2D eigenvalue weighted by atomic mass is 9.93. The van der Waals surface area contributed by atoms with Crippen LogP contribution in [0.5, 0.6) is 5.75 Å². The molecule has 2 N–H and O–H groups in total. The molecule has 10 heteroatoms. The maximum absolute atomic E-state index is 12.8. The maximum Gasteiger partial charge on any atom is 0.272 e. The number of methoxy groups -OCH3 is 1. The zero-order chi connectivity index (χ0) is 24.5. The van der Waals surface area contributed by atoms with Crippen molar-refractivity contribution in [1.29, 1.82) is 0 Å². The standard InChI is InChI=1S/C25H23Cl2N5O2S/c1-34-22-7-6-18(12-19(22)27)28-25(35)31-10-8-16(9-11-31)20-14-24(33)32-23(29-20)13-21(30-32)15-2-4-17(26)5-3-15/h2-7,12-14,16,30H,8-11H2,1H3,(H,28,35). The van der Waals surface area contributed by atoms with Crippen molar-refractivity contribution in [2.24, 2.45) is 0 Å². The van der Waals surface area contributed by atoms with Crippen molar-refractivity contribution >= 4 is 51.9 Å². The normalized spacial score (nSPS) is 14.3. The molecular formula is C25H23Cl2N5O2S. The Bertz CT molecular complexity index is 1440. The number of halogens is 2. The quantitative estimate of drug-likeness (QED) is 0.337. The van der Waals surface area contributed by atoms with E-state index >= 15 is 0 Å². The molecule has 0 saturated carbocycles. The van der Waals surface area contributed by atoms with Crippen LogP contribution in [0.3, 0.4) is 0 Å². The summed E-state index contributed by atoms with van der Waals surface area (Å²) in [5.41, 5.74) is 3.86. The molecule has 0 unspecified atom stereocenters. The van der Waals surface area contributed by atoms with E-state index in [1.54, 1.807) is 25.3 Å². The van der Waals surface area contributed by atoms with Crippen LogP contribution in [0.2, 0.25) is 10.0 Å². The van der Waals surface area contributed by atoms with Gasteiger partial charge in [0.1, 0.15) is 5.75 Å². The number of likely N-dealkylation sites (tertiary alicyclic amines) is 1. The summed E-state index contributed by atoms with van der Waals surface area (Å²) in [4.78, 5) is 19.7. The van der Waals surface area contributed by atoms with Gasteiger partial charge in [0.05, 0.1) is 23.5 Å². The molecule has 1 saturated heterocycles. The van der Waals surface area contributed by atoms with E-state index < -0.39 is 0 Å². The topological polar surface area (TPSA) is 74.7 Å². The number of fused-ring (bicyclic) bond motifs is 1. The molecule has 1 aliphatic rings. The highest BCUT2D eigenvalue weighted by Crippen LogP contribution is 2.29. The highest BCUT2D eigenvalue weighted by atomic mass is 35.5. The van der Waals surface area contributed by atoms with Crippen LogP contribution in [-0.4, -0.2) is 44.8 Å². The molecule has 3 heterocycles. The van der Waals surface area contributed by atoms with Crippen LogP contribution in [0.25, 0.3) is 16.9 Å². The predicted molar refractivity (Wildman–Crippen MR) is 144 cm³/mol. The second-order valence-electron chi connectivity index (χ2n) is 8.43. The molecule has 0 aliphatic carbocycles. The molecule has 0 bridgehead atoms. The Kier molecular flexibility index (Phi) is 6.69. The molecule has 0 radical (unpaired) electrons. The number of nitrogens with zero attached hydrogens (tertiary/aromatic N) is 3. The van der Waals surface area contributed by atoms with Crippen molar-refractivity contribution in [3.05, 3.63) is 80.7 Å². The third-order valence-electron chi connectivity index (χ3n) is 6.23. The fourth-order valence-corrected chi connectivity index (χ4v) is 5.01. The number of benzene rings is 2. The summed E-state index contributed by atoms with van der Waals surface area (Å²) < 4.78 is 6.67. The van der Waals surface area contributed by atoms with E-state index in [4.69, 9.17) is 45.1 Å². The number of ether oxygens (including phenoxy) is 1. The van der Waals surface area contributed by atoms with Crippen LogP contribution < -0.4 is 15.6 Å². The highest BCUT2D eigenvalue weighted by Gasteiger charge is 2.24. The van der Waals surface area contributed by atoms with E-state index in [1.807, 2.05) is 36.4 Å². The zero-order valence-corrected chi connectivity index (χ0v) is 21.3. The molecule has 1 fully saturated rings. The minimum atomic E-state index is -0.124. The third kappa shape index (κ3) is 5.00. The number of anilines is 1. The SMILES string of the molecule is COc1ccc(NC(=S)N2CCC(c3cc(=O)n4[nH]c(-c5ccc(Cl)cc5)cc4n3)CC2)cc1Cl. The molecule has 0 spiro atoms. The number of hydrogen-bond acceptors (Lipinski definition) is 4. The Morgan fingerprint density at radius 1 is 1.11 bits per heavy atom. The van der Waals surface area contributed by atoms with Gasteiger partial charge in [-0.1, -0.05) is 35.3 Å². The number of hydrogen-bond donors (Lipinski definition) is 2. The minimum Gasteiger partial charge on any atom is -0.495 e. The van der Waals surface area contributed by atoms with Gasteiger partial charge < -0.3 is 15.0 Å². The number of aromatic nitrogens is 3. The molecule has 4 aromatic rings. The highest BCUT2D eigenvalue weighted by molar-refractivity contribution is 7.80. The molecule has 7 nitrogen and oxygen atoms in total. The average Bonchev–Trinajstić information content (AvgIpc) is 3.30. The van der Waals surface area contributed by atoms with Crippen molar-refractivity contribution < 1.29 is 4.74 Å².